The Morgan fingerprint density at radius 1 is 1.06 bits per heavy atom. The van der Waals surface area contributed by atoms with Gasteiger partial charge in [-0.1, -0.05) is 43.7 Å². The van der Waals surface area contributed by atoms with Crippen LogP contribution in [0, 0.1) is 5.92 Å². The number of esters is 1. The Morgan fingerprint density at radius 2 is 1.82 bits per heavy atom. The molecule has 1 aliphatic rings. The number of hydrogen-bond acceptors (Lipinski definition) is 7. The van der Waals surface area contributed by atoms with Crippen molar-refractivity contribution < 1.29 is 33.4 Å². The van der Waals surface area contributed by atoms with Gasteiger partial charge in [0, 0.05) is 11.6 Å². The summed E-state index contributed by atoms with van der Waals surface area (Å²) in [7, 11) is 3.05. The van der Waals surface area contributed by atoms with Crippen molar-refractivity contribution in [2.24, 2.45) is 5.92 Å². The van der Waals surface area contributed by atoms with Gasteiger partial charge in [0.2, 0.25) is 5.91 Å². The van der Waals surface area contributed by atoms with Gasteiger partial charge in [0.05, 0.1) is 34.0 Å². The maximum absolute atomic E-state index is 12.9. The Morgan fingerprint density at radius 3 is 2.50 bits per heavy atom. The van der Waals surface area contributed by atoms with E-state index in [2.05, 4.69) is 5.48 Å². The Labute approximate surface area is 198 Å². The normalized spacial score (nSPS) is 17.0. The van der Waals surface area contributed by atoms with Gasteiger partial charge in [-0.2, -0.15) is 0 Å². The van der Waals surface area contributed by atoms with E-state index in [1.165, 1.54) is 12.0 Å². The molecule has 1 saturated heterocycles. The van der Waals surface area contributed by atoms with Gasteiger partial charge in [0.25, 0.3) is 5.91 Å². The number of β-lactam (4-membered cyclic amide) rings is 1. The number of carbonyl (C=O) groups excluding carboxylic acids is 3. The van der Waals surface area contributed by atoms with Crippen molar-refractivity contribution in [2.45, 2.75) is 39.0 Å². The lowest BCUT2D eigenvalue weighted by molar-refractivity contribution is -0.181. The van der Waals surface area contributed by atoms with Crippen molar-refractivity contribution in [2.75, 3.05) is 20.8 Å². The summed E-state index contributed by atoms with van der Waals surface area (Å²) in [5.74, 6) is -1.92. The fraction of sp³-hybridized carbons (Fsp3) is 0.400. The summed E-state index contributed by atoms with van der Waals surface area (Å²) in [5, 5.41) is 0. The second-order valence-electron chi connectivity index (χ2n) is 7.83. The highest BCUT2D eigenvalue weighted by Gasteiger charge is 2.56. The second kappa shape index (κ2) is 12.0. The van der Waals surface area contributed by atoms with E-state index in [4.69, 9.17) is 19.0 Å². The Kier molecular flexibility index (Phi) is 8.86. The number of nitrogens with one attached hydrogen (secondary N) is 1. The van der Waals surface area contributed by atoms with Crippen LogP contribution < -0.4 is 15.0 Å². The molecule has 2 atom stereocenters. The fourth-order valence-electron chi connectivity index (χ4n) is 3.64. The predicted molar refractivity (Wildman–Crippen MR) is 123 cm³/mol. The summed E-state index contributed by atoms with van der Waals surface area (Å²) in [4.78, 5) is 45.1. The zero-order valence-electron chi connectivity index (χ0n) is 19.6. The lowest BCUT2D eigenvalue weighted by Crippen LogP contribution is -2.68. The van der Waals surface area contributed by atoms with Crippen LogP contribution in [-0.2, 0) is 37.1 Å². The summed E-state index contributed by atoms with van der Waals surface area (Å²) < 4.78 is 16.0. The van der Waals surface area contributed by atoms with Crippen LogP contribution in [0.1, 0.15) is 30.9 Å². The number of hydrogen-bond donors (Lipinski definition) is 1. The first-order valence-electron chi connectivity index (χ1n) is 11.1. The van der Waals surface area contributed by atoms with Crippen LogP contribution in [0.15, 0.2) is 48.5 Å². The number of ether oxygens (including phenoxy) is 3. The molecule has 1 N–H and O–H groups in total. The Hall–Kier alpha value is -3.59. The SMILES string of the molecule is CCCCOC(=O)C1C(C(=O)NOCc2ccccc2)C(=O)N1Cc1ccc(OC)cc1OC. The largest absolute Gasteiger partial charge is 0.497 e. The van der Waals surface area contributed by atoms with E-state index in [-0.39, 0.29) is 19.8 Å². The lowest BCUT2D eigenvalue weighted by Gasteiger charge is -2.44. The molecule has 9 nitrogen and oxygen atoms in total. The Balaban J connectivity index is 1.71. The number of methoxy groups -OCH3 is 2. The molecule has 3 rings (SSSR count). The van der Waals surface area contributed by atoms with E-state index < -0.39 is 29.7 Å². The number of amides is 2. The summed E-state index contributed by atoms with van der Waals surface area (Å²) >= 11 is 0. The summed E-state index contributed by atoms with van der Waals surface area (Å²) in [6.07, 6.45) is 1.54. The average molecular weight is 471 g/mol. The quantitative estimate of drug-likeness (QED) is 0.167. The first kappa shape index (κ1) is 25.0. The van der Waals surface area contributed by atoms with Crippen molar-refractivity contribution in [1.82, 2.24) is 10.4 Å². The van der Waals surface area contributed by atoms with Gasteiger partial charge >= 0.3 is 5.97 Å². The molecule has 0 bridgehead atoms. The molecule has 2 amide bonds. The molecule has 2 unspecified atom stereocenters. The van der Waals surface area contributed by atoms with E-state index >= 15 is 0 Å². The molecule has 0 aliphatic carbocycles. The summed E-state index contributed by atoms with van der Waals surface area (Å²) in [6.45, 7) is 2.40. The first-order chi connectivity index (χ1) is 16.5. The number of hydroxylamine groups is 1. The van der Waals surface area contributed by atoms with Crippen LogP contribution >= 0.6 is 0 Å². The third-order valence-electron chi connectivity index (χ3n) is 5.56. The van der Waals surface area contributed by atoms with E-state index in [0.717, 1.165) is 12.0 Å². The molecule has 1 heterocycles. The molecular weight excluding hydrogens is 440 g/mol. The summed E-state index contributed by atoms with van der Waals surface area (Å²) in [5.41, 5.74) is 3.82. The number of likely N-dealkylation sites (tertiary alicyclic amines) is 1. The van der Waals surface area contributed by atoms with Crippen LogP contribution in [0.3, 0.4) is 0 Å². The van der Waals surface area contributed by atoms with Crippen LogP contribution in [0.2, 0.25) is 0 Å². The Bertz CT molecular complexity index is 996. The van der Waals surface area contributed by atoms with Crippen LogP contribution in [0.4, 0.5) is 0 Å². The minimum absolute atomic E-state index is 0.0776. The highest BCUT2D eigenvalue weighted by molar-refractivity contribution is 6.11. The number of nitrogens with zero attached hydrogens (tertiary/aromatic N) is 1. The van der Waals surface area contributed by atoms with Crippen LogP contribution in [0.25, 0.3) is 0 Å². The predicted octanol–water partition coefficient (Wildman–Crippen LogP) is 2.62. The monoisotopic (exact) mass is 470 g/mol. The van der Waals surface area contributed by atoms with Gasteiger partial charge in [-0.3, -0.25) is 14.4 Å². The number of carbonyl (C=O) groups is 3. The number of unbranched alkanes of at least 4 members (excludes halogenated alkanes) is 1. The van der Waals surface area contributed by atoms with Crippen molar-refractivity contribution in [1.29, 1.82) is 0 Å². The summed E-state index contributed by atoms with van der Waals surface area (Å²) in [6, 6.07) is 13.4. The number of rotatable bonds is 12. The highest BCUT2D eigenvalue weighted by Crippen LogP contribution is 2.33. The molecule has 2 aromatic rings. The maximum Gasteiger partial charge on any atom is 0.330 e. The fourth-order valence-corrected chi connectivity index (χ4v) is 3.64. The van der Waals surface area contributed by atoms with Crippen LogP contribution in [-0.4, -0.2) is 49.6 Å². The maximum atomic E-state index is 12.9. The second-order valence-corrected chi connectivity index (χ2v) is 7.83. The molecule has 182 valence electrons. The van der Waals surface area contributed by atoms with Gasteiger partial charge < -0.3 is 19.1 Å². The van der Waals surface area contributed by atoms with Crippen LogP contribution in [0.5, 0.6) is 11.5 Å². The molecule has 0 saturated carbocycles. The molecular formula is C25H30N2O7. The zero-order valence-corrected chi connectivity index (χ0v) is 19.6. The topological polar surface area (TPSA) is 103 Å². The van der Waals surface area contributed by atoms with Crippen molar-refractivity contribution in [3.63, 3.8) is 0 Å². The molecule has 34 heavy (non-hydrogen) atoms. The van der Waals surface area contributed by atoms with E-state index in [9.17, 15) is 14.4 Å². The van der Waals surface area contributed by atoms with E-state index in [1.54, 1.807) is 25.3 Å². The molecule has 0 aromatic heterocycles. The first-order valence-corrected chi connectivity index (χ1v) is 11.1. The molecule has 0 radical (unpaired) electrons. The van der Waals surface area contributed by atoms with Gasteiger partial charge in [-0.05, 0) is 24.1 Å². The van der Waals surface area contributed by atoms with E-state index in [1.807, 2.05) is 37.3 Å². The molecule has 2 aromatic carbocycles. The third-order valence-corrected chi connectivity index (χ3v) is 5.56. The molecule has 0 spiro atoms. The van der Waals surface area contributed by atoms with E-state index in [0.29, 0.717) is 23.5 Å². The van der Waals surface area contributed by atoms with Gasteiger partial charge in [-0.25, -0.2) is 10.3 Å². The zero-order chi connectivity index (χ0) is 24.5. The standard InChI is InChI=1S/C25H30N2O7/c1-4-5-13-33-25(30)22-21(23(28)26-34-16-17-9-7-6-8-10-17)24(29)27(22)15-18-11-12-19(31-2)14-20(18)32-3/h6-12,14,21-22H,4-5,13,15-16H2,1-3H3,(H,26,28). The molecule has 9 heteroatoms. The van der Waals surface area contributed by atoms with Crippen molar-refractivity contribution >= 4 is 17.8 Å². The highest BCUT2D eigenvalue weighted by atomic mass is 16.7. The van der Waals surface area contributed by atoms with Crippen molar-refractivity contribution in [3.05, 3.63) is 59.7 Å². The number of benzene rings is 2. The molecule has 1 aliphatic heterocycles. The van der Waals surface area contributed by atoms with Crippen molar-refractivity contribution in [3.8, 4) is 11.5 Å². The van der Waals surface area contributed by atoms with Gasteiger partial charge in [0.15, 0.2) is 6.04 Å². The molecule has 1 fully saturated rings. The third kappa shape index (κ3) is 5.85. The lowest BCUT2D eigenvalue weighted by atomic mass is 9.86. The smallest absolute Gasteiger partial charge is 0.330 e. The van der Waals surface area contributed by atoms with Gasteiger partial charge in [-0.15, -0.1) is 0 Å². The minimum atomic E-state index is -1.23. The van der Waals surface area contributed by atoms with Gasteiger partial charge in [0.1, 0.15) is 17.4 Å². The average Bonchev–Trinajstić information content (AvgIpc) is 2.86. The minimum Gasteiger partial charge on any atom is -0.497 e.